The van der Waals surface area contributed by atoms with Crippen molar-refractivity contribution >= 4 is 5.97 Å². The first-order valence-electron chi connectivity index (χ1n) is 8.65. The highest BCUT2D eigenvalue weighted by molar-refractivity contribution is 5.75. The third-order valence-corrected chi connectivity index (χ3v) is 3.99. The van der Waals surface area contributed by atoms with Crippen LogP contribution in [0, 0.1) is 0 Å². The van der Waals surface area contributed by atoms with Crippen LogP contribution in [0.25, 0.3) is 0 Å². The lowest BCUT2D eigenvalue weighted by Crippen LogP contribution is -2.42. The van der Waals surface area contributed by atoms with Crippen LogP contribution >= 0.6 is 0 Å². The van der Waals surface area contributed by atoms with Gasteiger partial charge in [-0.15, -0.1) is 0 Å². The van der Waals surface area contributed by atoms with Crippen molar-refractivity contribution in [3.63, 3.8) is 0 Å². The monoisotopic (exact) mass is 301 g/mol. The van der Waals surface area contributed by atoms with E-state index < -0.39 is 18.1 Å². The van der Waals surface area contributed by atoms with Crippen LogP contribution in [0.1, 0.15) is 84.0 Å². The zero-order valence-corrected chi connectivity index (χ0v) is 14.0. The molecule has 0 heterocycles. The molecule has 0 aromatic carbocycles. The first-order chi connectivity index (χ1) is 10.1. The molecule has 0 saturated heterocycles. The van der Waals surface area contributed by atoms with Gasteiger partial charge in [-0.1, -0.05) is 77.6 Å². The molecule has 0 amide bonds. The van der Waals surface area contributed by atoms with Gasteiger partial charge in [0.2, 0.25) is 0 Å². The molecule has 126 valence electrons. The van der Waals surface area contributed by atoms with Gasteiger partial charge in [-0.2, -0.15) is 0 Å². The van der Waals surface area contributed by atoms with Crippen molar-refractivity contribution in [2.75, 3.05) is 7.11 Å². The summed E-state index contributed by atoms with van der Waals surface area (Å²) in [6.45, 7) is 2.25. The van der Waals surface area contributed by atoms with Crippen molar-refractivity contribution in [1.82, 2.24) is 0 Å². The summed E-state index contributed by atoms with van der Waals surface area (Å²) in [5.41, 5.74) is 5.58. The van der Waals surface area contributed by atoms with Crippen LogP contribution in [0.15, 0.2) is 0 Å². The van der Waals surface area contributed by atoms with Crippen LogP contribution in [0.5, 0.6) is 0 Å². The highest BCUT2D eigenvalue weighted by Gasteiger charge is 2.22. The molecule has 0 rings (SSSR count). The first kappa shape index (κ1) is 20.4. The van der Waals surface area contributed by atoms with E-state index >= 15 is 0 Å². The van der Waals surface area contributed by atoms with Gasteiger partial charge in [0.25, 0.3) is 0 Å². The lowest BCUT2D eigenvalue weighted by atomic mass is 10.0. The second-order valence-corrected chi connectivity index (χ2v) is 5.94. The third kappa shape index (κ3) is 11.7. The summed E-state index contributed by atoms with van der Waals surface area (Å²) in [7, 11) is 1.29. The first-order valence-corrected chi connectivity index (χ1v) is 8.65. The fraction of sp³-hybridized carbons (Fsp3) is 0.941. The Morgan fingerprint density at radius 2 is 1.38 bits per heavy atom. The summed E-state index contributed by atoms with van der Waals surface area (Å²) in [6, 6.07) is -0.905. The number of unbranched alkanes of at least 4 members (excludes halogenated alkanes) is 10. The molecule has 0 saturated carbocycles. The summed E-state index contributed by atoms with van der Waals surface area (Å²) < 4.78 is 4.52. The van der Waals surface area contributed by atoms with E-state index in [-0.39, 0.29) is 0 Å². The minimum absolute atomic E-state index is 0.537. The van der Waals surface area contributed by atoms with E-state index in [1.807, 2.05) is 0 Å². The Morgan fingerprint density at radius 1 is 0.952 bits per heavy atom. The Kier molecular flexibility index (Phi) is 13.9. The number of methoxy groups -OCH3 is 1. The fourth-order valence-electron chi connectivity index (χ4n) is 2.49. The number of carbonyl (C=O) groups is 1. The summed E-state index contributed by atoms with van der Waals surface area (Å²) in [5, 5.41) is 9.74. The predicted molar refractivity (Wildman–Crippen MR) is 87.1 cm³/mol. The number of aliphatic hydroxyl groups excluding tert-OH is 1. The highest BCUT2D eigenvalue weighted by Crippen LogP contribution is 2.13. The molecule has 0 spiro atoms. The number of carbonyl (C=O) groups excluding carboxylic acids is 1. The van der Waals surface area contributed by atoms with Gasteiger partial charge < -0.3 is 15.6 Å². The lowest BCUT2D eigenvalue weighted by molar-refractivity contribution is -0.145. The maximum absolute atomic E-state index is 11.1. The van der Waals surface area contributed by atoms with Gasteiger partial charge in [-0.05, 0) is 6.42 Å². The quantitative estimate of drug-likeness (QED) is 0.380. The molecule has 4 heteroatoms. The topological polar surface area (TPSA) is 72.5 Å². The van der Waals surface area contributed by atoms with E-state index in [9.17, 15) is 9.90 Å². The number of esters is 1. The summed E-state index contributed by atoms with van der Waals surface area (Å²) in [5.74, 6) is -0.537. The van der Waals surface area contributed by atoms with Crippen LogP contribution < -0.4 is 5.73 Å². The SMILES string of the molecule is CCCCCCCCCCCCCC(O)C(N)C(=O)OC. The molecule has 2 atom stereocenters. The number of hydrogen-bond acceptors (Lipinski definition) is 4. The molecule has 0 radical (unpaired) electrons. The molecule has 21 heavy (non-hydrogen) atoms. The van der Waals surface area contributed by atoms with Crippen LogP contribution in [0.3, 0.4) is 0 Å². The van der Waals surface area contributed by atoms with Gasteiger partial charge in [0.1, 0.15) is 6.04 Å². The van der Waals surface area contributed by atoms with Crippen molar-refractivity contribution in [3.05, 3.63) is 0 Å². The summed E-state index contributed by atoms with van der Waals surface area (Å²) in [4.78, 5) is 11.1. The summed E-state index contributed by atoms with van der Waals surface area (Å²) in [6.07, 6.45) is 13.8. The molecular weight excluding hydrogens is 266 g/mol. The van der Waals surface area contributed by atoms with Gasteiger partial charge in [0.05, 0.1) is 13.2 Å². The van der Waals surface area contributed by atoms with E-state index in [2.05, 4.69) is 11.7 Å². The minimum Gasteiger partial charge on any atom is -0.468 e. The van der Waals surface area contributed by atoms with Gasteiger partial charge >= 0.3 is 5.97 Å². The molecular formula is C17H35NO3. The maximum atomic E-state index is 11.1. The number of ether oxygens (including phenoxy) is 1. The normalized spacial score (nSPS) is 13.9. The van der Waals surface area contributed by atoms with E-state index in [1.54, 1.807) is 0 Å². The zero-order chi connectivity index (χ0) is 15.9. The van der Waals surface area contributed by atoms with Crippen LogP contribution in [0.2, 0.25) is 0 Å². The Balaban J connectivity index is 3.30. The summed E-state index contributed by atoms with van der Waals surface area (Å²) >= 11 is 0. The van der Waals surface area contributed by atoms with E-state index in [0.717, 1.165) is 12.8 Å². The number of aliphatic hydroxyl groups is 1. The van der Waals surface area contributed by atoms with Gasteiger partial charge in [-0.3, -0.25) is 4.79 Å². The van der Waals surface area contributed by atoms with Gasteiger partial charge in [-0.25, -0.2) is 0 Å². The third-order valence-electron chi connectivity index (χ3n) is 3.99. The molecule has 3 N–H and O–H groups in total. The molecule has 0 aliphatic rings. The molecule has 0 aromatic rings. The Hall–Kier alpha value is -0.610. The second kappa shape index (κ2) is 14.3. The van der Waals surface area contributed by atoms with Crippen molar-refractivity contribution in [3.8, 4) is 0 Å². The van der Waals surface area contributed by atoms with Gasteiger partial charge in [0.15, 0.2) is 0 Å². The molecule has 2 unspecified atom stereocenters. The molecule has 0 aliphatic heterocycles. The van der Waals surface area contributed by atoms with Crippen LogP contribution in [0.4, 0.5) is 0 Å². The zero-order valence-electron chi connectivity index (χ0n) is 14.0. The Labute approximate surface area is 130 Å². The van der Waals surface area contributed by atoms with Gasteiger partial charge in [0, 0.05) is 0 Å². The highest BCUT2D eigenvalue weighted by atomic mass is 16.5. The Morgan fingerprint density at radius 3 is 1.81 bits per heavy atom. The maximum Gasteiger partial charge on any atom is 0.325 e. The van der Waals surface area contributed by atoms with Crippen LogP contribution in [-0.2, 0) is 9.53 Å². The van der Waals surface area contributed by atoms with Crippen molar-refractivity contribution < 1.29 is 14.6 Å². The standard InChI is InChI=1S/C17H35NO3/c1-3-4-5-6-7-8-9-10-11-12-13-14-15(19)16(18)17(20)21-2/h15-16,19H,3-14,18H2,1-2H3. The lowest BCUT2D eigenvalue weighted by Gasteiger charge is -2.16. The van der Waals surface area contributed by atoms with Crippen molar-refractivity contribution in [1.29, 1.82) is 0 Å². The predicted octanol–water partition coefficient (Wildman–Crippen LogP) is 3.55. The number of nitrogens with two attached hydrogens (primary N) is 1. The molecule has 4 nitrogen and oxygen atoms in total. The van der Waals surface area contributed by atoms with E-state index in [0.29, 0.717) is 6.42 Å². The average molecular weight is 301 g/mol. The molecule has 0 bridgehead atoms. The van der Waals surface area contributed by atoms with Crippen molar-refractivity contribution in [2.24, 2.45) is 5.73 Å². The second-order valence-electron chi connectivity index (χ2n) is 5.94. The van der Waals surface area contributed by atoms with E-state index in [4.69, 9.17) is 5.73 Å². The van der Waals surface area contributed by atoms with Crippen LogP contribution in [-0.4, -0.2) is 30.3 Å². The number of hydrogen-bond donors (Lipinski definition) is 2. The fourth-order valence-corrected chi connectivity index (χ4v) is 2.49. The van der Waals surface area contributed by atoms with E-state index in [1.165, 1.54) is 64.9 Å². The smallest absolute Gasteiger partial charge is 0.325 e. The molecule has 0 aromatic heterocycles. The average Bonchev–Trinajstić information content (AvgIpc) is 2.50. The van der Waals surface area contributed by atoms with Crippen molar-refractivity contribution in [2.45, 2.75) is 96.1 Å². The molecule has 0 fully saturated rings. The Bertz CT molecular complexity index is 246. The minimum atomic E-state index is -0.905. The number of rotatable bonds is 14. The molecule has 0 aliphatic carbocycles. The largest absolute Gasteiger partial charge is 0.468 e.